The summed E-state index contributed by atoms with van der Waals surface area (Å²) >= 11 is 0. The molecule has 0 saturated heterocycles. The zero-order chi connectivity index (χ0) is 15.3. The zero-order valence-electron chi connectivity index (χ0n) is 12.8. The van der Waals surface area contributed by atoms with Crippen LogP contribution in [0.1, 0.15) is 31.7 Å². The highest BCUT2D eigenvalue weighted by molar-refractivity contribution is 5.77. The molecule has 0 saturated carbocycles. The number of carbonyl (C=O) groups excluding carboxylic acids is 1. The molecule has 1 amide bonds. The topological polar surface area (TPSA) is 73.6 Å². The monoisotopic (exact) mass is 294 g/mol. The lowest BCUT2D eigenvalue weighted by atomic mass is 10.2. The Morgan fingerprint density at radius 3 is 2.76 bits per heavy atom. The van der Waals surface area contributed by atoms with E-state index in [2.05, 4.69) is 12.2 Å². The Balaban J connectivity index is 2.11. The first-order valence-corrected chi connectivity index (χ1v) is 7.53. The van der Waals surface area contributed by atoms with Gasteiger partial charge in [0.25, 0.3) is 5.91 Å². The van der Waals surface area contributed by atoms with Crippen LogP contribution in [0, 0.1) is 0 Å². The van der Waals surface area contributed by atoms with Gasteiger partial charge < -0.3 is 20.5 Å². The van der Waals surface area contributed by atoms with Gasteiger partial charge in [-0.05, 0) is 18.9 Å². The average Bonchev–Trinajstić information content (AvgIpc) is 2.52. The minimum absolute atomic E-state index is 0.00764. The van der Waals surface area contributed by atoms with Crippen molar-refractivity contribution < 1.29 is 14.3 Å². The number of amides is 1. The first kappa shape index (κ1) is 17.5. The Labute approximate surface area is 126 Å². The summed E-state index contributed by atoms with van der Waals surface area (Å²) in [5.41, 5.74) is 6.51. The lowest BCUT2D eigenvalue weighted by Crippen LogP contribution is -2.30. The predicted octanol–water partition coefficient (Wildman–Crippen LogP) is 1.85. The maximum atomic E-state index is 11.6. The molecule has 0 spiro atoms. The van der Waals surface area contributed by atoms with Gasteiger partial charge in [-0.25, -0.2) is 0 Å². The molecule has 0 fully saturated rings. The van der Waals surface area contributed by atoms with Gasteiger partial charge in [-0.1, -0.05) is 31.5 Å². The van der Waals surface area contributed by atoms with E-state index in [-0.39, 0.29) is 12.5 Å². The standard InChI is InChI=1S/C16H26N2O3/c1-2-3-10-20-11-6-9-18-16(19)13-21-15-8-5-4-7-14(15)12-17/h4-5,7-8H,2-3,6,9-13,17H2,1H3,(H,18,19). The first-order valence-electron chi connectivity index (χ1n) is 7.53. The van der Waals surface area contributed by atoms with Crippen molar-refractivity contribution in [3.63, 3.8) is 0 Å². The van der Waals surface area contributed by atoms with Gasteiger partial charge >= 0.3 is 0 Å². The zero-order valence-corrected chi connectivity index (χ0v) is 12.8. The number of unbranched alkanes of at least 4 members (excludes halogenated alkanes) is 1. The summed E-state index contributed by atoms with van der Waals surface area (Å²) in [7, 11) is 0. The molecule has 1 aromatic rings. The van der Waals surface area contributed by atoms with E-state index < -0.39 is 0 Å². The lowest BCUT2D eigenvalue weighted by molar-refractivity contribution is -0.123. The Morgan fingerprint density at radius 2 is 2.00 bits per heavy atom. The molecule has 0 unspecified atom stereocenters. The van der Waals surface area contributed by atoms with E-state index in [1.165, 1.54) is 0 Å². The molecule has 1 aromatic carbocycles. The number of para-hydroxylation sites is 1. The van der Waals surface area contributed by atoms with Gasteiger partial charge in [0.1, 0.15) is 5.75 Å². The Bertz CT molecular complexity index is 410. The van der Waals surface area contributed by atoms with Crippen LogP contribution in [0.4, 0.5) is 0 Å². The molecule has 0 heterocycles. The summed E-state index contributed by atoms with van der Waals surface area (Å²) in [6.07, 6.45) is 3.04. The molecule has 0 radical (unpaired) electrons. The van der Waals surface area contributed by atoms with Crippen molar-refractivity contribution in [2.24, 2.45) is 5.73 Å². The van der Waals surface area contributed by atoms with E-state index >= 15 is 0 Å². The number of hydrogen-bond acceptors (Lipinski definition) is 4. The van der Waals surface area contributed by atoms with Crippen LogP contribution in [-0.2, 0) is 16.1 Å². The fourth-order valence-corrected chi connectivity index (χ4v) is 1.76. The van der Waals surface area contributed by atoms with Crippen molar-refractivity contribution in [2.75, 3.05) is 26.4 Å². The van der Waals surface area contributed by atoms with Crippen molar-refractivity contribution >= 4 is 5.91 Å². The van der Waals surface area contributed by atoms with Gasteiger partial charge in [0.05, 0.1) is 0 Å². The van der Waals surface area contributed by atoms with E-state index in [1.54, 1.807) is 0 Å². The van der Waals surface area contributed by atoms with Gasteiger partial charge in [-0.2, -0.15) is 0 Å². The van der Waals surface area contributed by atoms with Crippen LogP contribution in [0.3, 0.4) is 0 Å². The highest BCUT2D eigenvalue weighted by atomic mass is 16.5. The van der Waals surface area contributed by atoms with Gasteiger partial charge in [0.2, 0.25) is 0 Å². The van der Waals surface area contributed by atoms with Gasteiger partial charge in [0, 0.05) is 31.9 Å². The molecule has 21 heavy (non-hydrogen) atoms. The molecule has 0 aliphatic carbocycles. The SMILES string of the molecule is CCCCOCCCNC(=O)COc1ccccc1CN. The number of hydrogen-bond donors (Lipinski definition) is 2. The van der Waals surface area contributed by atoms with E-state index in [9.17, 15) is 4.79 Å². The maximum absolute atomic E-state index is 11.6. The average molecular weight is 294 g/mol. The molecule has 118 valence electrons. The number of rotatable bonds is 11. The van der Waals surface area contributed by atoms with Crippen molar-refractivity contribution in [3.8, 4) is 5.75 Å². The van der Waals surface area contributed by atoms with Crippen molar-refractivity contribution in [3.05, 3.63) is 29.8 Å². The molecular formula is C16H26N2O3. The summed E-state index contributed by atoms with van der Waals surface area (Å²) in [4.78, 5) is 11.6. The number of nitrogens with two attached hydrogens (primary N) is 1. The minimum atomic E-state index is -0.129. The van der Waals surface area contributed by atoms with E-state index in [0.29, 0.717) is 25.4 Å². The number of benzene rings is 1. The van der Waals surface area contributed by atoms with Crippen molar-refractivity contribution in [1.82, 2.24) is 5.32 Å². The van der Waals surface area contributed by atoms with Crippen LogP contribution in [0.5, 0.6) is 5.75 Å². The molecule has 5 nitrogen and oxygen atoms in total. The third kappa shape index (κ3) is 7.68. The van der Waals surface area contributed by atoms with Crippen LogP contribution < -0.4 is 15.8 Å². The molecule has 0 bridgehead atoms. The van der Waals surface area contributed by atoms with E-state index in [4.69, 9.17) is 15.2 Å². The summed E-state index contributed by atoms with van der Waals surface area (Å²) in [5, 5.41) is 2.81. The highest BCUT2D eigenvalue weighted by Gasteiger charge is 2.05. The molecule has 0 atom stereocenters. The second-order valence-corrected chi connectivity index (χ2v) is 4.77. The Kier molecular flexibility index (Phi) is 9.24. The Hall–Kier alpha value is -1.59. The Morgan fingerprint density at radius 1 is 1.24 bits per heavy atom. The highest BCUT2D eigenvalue weighted by Crippen LogP contribution is 2.16. The minimum Gasteiger partial charge on any atom is -0.483 e. The van der Waals surface area contributed by atoms with Gasteiger partial charge in [-0.15, -0.1) is 0 Å². The van der Waals surface area contributed by atoms with Crippen LogP contribution in [0.2, 0.25) is 0 Å². The molecule has 3 N–H and O–H groups in total. The normalized spacial score (nSPS) is 10.4. The second-order valence-electron chi connectivity index (χ2n) is 4.77. The second kappa shape index (κ2) is 11.1. The lowest BCUT2D eigenvalue weighted by Gasteiger charge is -2.10. The molecule has 0 aliphatic rings. The fourth-order valence-electron chi connectivity index (χ4n) is 1.76. The number of carbonyl (C=O) groups is 1. The quantitative estimate of drug-likeness (QED) is 0.611. The maximum Gasteiger partial charge on any atom is 0.257 e. The summed E-state index contributed by atoms with van der Waals surface area (Å²) in [6.45, 7) is 4.61. The van der Waals surface area contributed by atoms with Gasteiger partial charge in [-0.3, -0.25) is 4.79 Å². The van der Waals surface area contributed by atoms with Crippen LogP contribution in [-0.4, -0.2) is 32.3 Å². The third-order valence-electron chi connectivity index (χ3n) is 2.98. The van der Waals surface area contributed by atoms with Crippen LogP contribution in [0.25, 0.3) is 0 Å². The first-order chi connectivity index (χ1) is 10.3. The predicted molar refractivity (Wildman–Crippen MR) is 83.2 cm³/mol. The van der Waals surface area contributed by atoms with Gasteiger partial charge in [0.15, 0.2) is 6.61 Å². The smallest absolute Gasteiger partial charge is 0.257 e. The number of ether oxygens (including phenoxy) is 2. The van der Waals surface area contributed by atoms with E-state index in [0.717, 1.165) is 31.4 Å². The molecule has 0 aromatic heterocycles. The fraction of sp³-hybridized carbons (Fsp3) is 0.562. The molecular weight excluding hydrogens is 268 g/mol. The summed E-state index contributed by atoms with van der Waals surface area (Å²) < 4.78 is 10.9. The molecule has 1 rings (SSSR count). The third-order valence-corrected chi connectivity index (χ3v) is 2.98. The number of nitrogens with one attached hydrogen (secondary N) is 1. The molecule has 5 heteroatoms. The largest absolute Gasteiger partial charge is 0.483 e. The van der Waals surface area contributed by atoms with E-state index in [1.807, 2.05) is 24.3 Å². The molecule has 0 aliphatic heterocycles. The summed E-state index contributed by atoms with van der Waals surface area (Å²) in [6, 6.07) is 7.46. The summed E-state index contributed by atoms with van der Waals surface area (Å²) in [5.74, 6) is 0.536. The van der Waals surface area contributed by atoms with Crippen LogP contribution in [0.15, 0.2) is 24.3 Å². The van der Waals surface area contributed by atoms with Crippen molar-refractivity contribution in [2.45, 2.75) is 32.7 Å². The van der Waals surface area contributed by atoms with Crippen LogP contribution >= 0.6 is 0 Å². The van der Waals surface area contributed by atoms with Crippen molar-refractivity contribution in [1.29, 1.82) is 0 Å².